The Labute approximate surface area is 113 Å². The van der Waals surface area contributed by atoms with Crippen LogP contribution in [0.4, 0.5) is 4.79 Å². The minimum atomic E-state index is -0.870. The molecule has 0 bridgehead atoms. The van der Waals surface area contributed by atoms with E-state index in [9.17, 15) is 14.7 Å². The van der Waals surface area contributed by atoms with Gasteiger partial charge in [0.25, 0.3) is 0 Å². The van der Waals surface area contributed by atoms with Crippen LogP contribution in [0, 0.1) is 5.92 Å². The van der Waals surface area contributed by atoms with E-state index in [2.05, 4.69) is 0 Å². The Morgan fingerprint density at radius 1 is 1.26 bits per heavy atom. The van der Waals surface area contributed by atoms with E-state index in [0.29, 0.717) is 19.6 Å². The van der Waals surface area contributed by atoms with Gasteiger partial charge in [-0.2, -0.15) is 0 Å². The number of aliphatic carboxylic acids is 1. The lowest BCUT2D eigenvalue weighted by atomic mass is 9.99. The number of hydrogen-bond donors (Lipinski definition) is 2. The van der Waals surface area contributed by atoms with Gasteiger partial charge in [-0.05, 0) is 31.6 Å². The lowest BCUT2D eigenvalue weighted by Gasteiger charge is -2.36. The summed E-state index contributed by atoms with van der Waals surface area (Å²) >= 11 is 0. The van der Waals surface area contributed by atoms with Crippen LogP contribution in [0.15, 0.2) is 0 Å². The second kappa shape index (κ2) is 6.23. The van der Waals surface area contributed by atoms with Crippen LogP contribution >= 0.6 is 0 Å². The average Bonchev–Trinajstić information content (AvgIpc) is 3.23. The van der Waals surface area contributed by atoms with Gasteiger partial charge in [-0.3, -0.25) is 4.79 Å². The maximum absolute atomic E-state index is 12.4. The fourth-order valence-electron chi connectivity index (χ4n) is 2.61. The van der Waals surface area contributed by atoms with Gasteiger partial charge in [-0.15, -0.1) is 0 Å². The maximum atomic E-state index is 12.4. The van der Waals surface area contributed by atoms with E-state index in [1.165, 1.54) is 0 Å². The molecule has 6 heteroatoms. The third-order valence-electron chi connectivity index (χ3n) is 3.85. The molecular formula is C13H22N2O4. The number of aliphatic hydroxyl groups is 1. The SMILES string of the molecule is O=C(O)CCN(C(=O)N1CCCC(CO)C1)C1CC1. The molecule has 1 atom stereocenters. The summed E-state index contributed by atoms with van der Waals surface area (Å²) in [4.78, 5) is 26.6. The zero-order valence-corrected chi connectivity index (χ0v) is 11.1. The molecule has 1 aliphatic heterocycles. The summed E-state index contributed by atoms with van der Waals surface area (Å²) in [6.07, 6.45) is 3.82. The standard InChI is InChI=1S/C13H22N2O4/c16-9-10-2-1-6-14(8-10)13(19)15(11-3-4-11)7-5-12(17)18/h10-11,16H,1-9H2,(H,17,18). The molecule has 2 aliphatic rings. The van der Waals surface area contributed by atoms with Crippen LogP contribution < -0.4 is 0 Å². The van der Waals surface area contributed by atoms with Crippen LogP contribution in [0.5, 0.6) is 0 Å². The molecule has 2 amide bonds. The molecule has 1 unspecified atom stereocenters. The highest BCUT2D eigenvalue weighted by atomic mass is 16.4. The molecule has 108 valence electrons. The smallest absolute Gasteiger partial charge is 0.320 e. The minimum absolute atomic E-state index is 0.000488. The Kier molecular flexibility index (Phi) is 4.63. The number of piperidine rings is 1. The number of hydrogen-bond acceptors (Lipinski definition) is 3. The lowest BCUT2D eigenvalue weighted by molar-refractivity contribution is -0.137. The molecule has 0 spiro atoms. The largest absolute Gasteiger partial charge is 0.481 e. The van der Waals surface area contributed by atoms with Gasteiger partial charge in [0, 0.05) is 32.3 Å². The zero-order valence-electron chi connectivity index (χ0n) is 11.1. The van der Waals surface area contributed by atoms with Crippen LogP contribution in [-0.2, 0) is 4.79 Å². The third-order valence-corrected chi connectivity index (χ3v) is 3.85. The van der Waals surface area contributed by atoms with E-state index < -0.39 is 5.97 Å². The van der Waals surface area contributed by atoms with Gasteiger partial charge in [0.15, 0.2) is 0 Å². The van der Waals surface area contributed by atoms with Crippen molar-refractivity contribution in [1.82, 2.24) is 9.80 Å². The number of urea groups is 1. The number of carboxylic acids is 1. The number of likely N-dealkylation sites (tertiary alicyclic amines) is 1. The molecule has 1 saturated carbocycles. The summed E-state index contributed by atoms with van der Waals surface area (Å²) in [6, 6.07) is 0.170. The molecule has 2 N–H and O–H groups in total. The normalized spacial score (nSPS) is 23.2. The number of carboxylic acid groups (broad SMARTS) is 1. The molecule has 19 heavy (non-hydrogen) atoms. The van der Waals surface area contributed by atoms with E-state index in [4.69, 9.17) is 5.11 Å². The molecular weight excluding hydrogens is 248 g/mol. The molecule has 0 aromatic carbocycles. The summed E-state index contributed by atoms with van der Waals surface area (Å²) in [7, 11) is 0. The van der Waals surface area contributed by atoms with E-state index in [1.807, 2.05) is 0 Å². The van der Waals surface area contributed by atoms with Crippen molar-refractivity contribution in [3.8, 4) is 0 Å². The monoisotopic (exact) mass is 270 g/mol. The third kappa shape index (κ3) is 3.83. The van der Waals surface area contributed by atoms with E-state index in [0.717, 1.165) is 25.7 Å². The van der Waals surface area contributed by atoms with Gasteiger partial charge in [-0.25, -0.2) is 4.79 Å². The first kappa shape index (κ1) is 14.1. The van der Waals surface area contributed by atoms with Gasteiger partial charge >= 0.3 is 12.0 Å². The fraction of sp³-hybridized carbons (Fsp3) is 0.846. The number of amides is 2. The first-order chi connectivity index (χ1) is 9.11. The summed E-state index contributed by atoms with van der Waals surface area (Å²) in [5.41, 5.74) is 0. The molecule has 0 aromatic heterocycles. The van der Waals surface area contributed by atoms with E-state index in [-0.39, 0.29) is 31.0 Å². The van der Waals surface area contributed by atoms with Crippen LogP contribution in [0.2, 0.25) is 0 Å². The predicted octanol–water partition coefficient (Wildman–Crippen LogP) is 0.750. The summed E-state index contributed by atoms with van der Waals surface area (Å²) in [5, 5.41) is 17.9. The van der Waals surface area contributed by atoms with Crippen molar-refractivity contribution in [2.75, 3.05) is 26.2 Å². The Morgan fingerprint density at radius 2 is 2.00 bits per heavy atom. The average molecular weight is 270 g/mol. The van der Waals surface area contributed by atoms with Crippen LogP contribution in [0.25, 0.3) is 0 Å². The molecule has 2 rings (SSSR count). The highest BCUT2D eigenvalue weighted by Gasteiger charge is 2.36. The predicted molar refractivity (Wildman–Crippen MR) is 68.8 cm³/mol. The molecule has 1 saturated heterocycles. The van der Waals surface area contributed by atoms with Crippen molar-refractivity contribution in [2.45, 2.75) is 38.1 Å². The van der Waals surface area contributed by atoms with E-state index >= 15 is 0 Å². The quantitative estimate of drug-likeness (QED) is 0.772. The van der Waals surface area contributed by atoms with E-state index in [1.54, 1.807) is 9.80 Å². The fourth-order valence-corrected chi connectivity index (χ4v) is 2.61. The van der Waals surface area contributed by atoms with Gasteiger partial charge in [0.05, 0.1) is 6.42 Å². The first-order valence-electron chi connectivity index (χ1n) is 7.00. The Balaban J connectivity index is 1.92. The van der Waals surface area contributed by atoms with Crippen LogP contribution in [0.3, 0.4) is 0 Å². The number of rotatable bonds is 5. The summed E-state index contributed by atoms with van der Waals surface area (Å²) in [5.74, 6) is -0.705. The number of carbonyl (C=O) groups is 2. The van der Waals surface area contributed by atoms with Gasteiger partial charge in [-0.1, -0.05) is 0 Å². The van der Waals surface area contributed by atoms with Crippen molar-refractivity contribution in [3.63, 3.8) is 0 Å². The van der Waals surface area contributed by atoms with Crippen molar-refractivity contribution in [1.29, 1.82) is 0 Å². The topological polar surface area (TPSA) is 81.1 Å². The molecule has 2 fully saturated rings. The highest BCUT2D eigenvalue weighted by Crippen LogP contribution is 2.29. The maximum Gasteiger partial charge on any atom is 0.320 e. The van der Waals surface area contributed by atoms with Crippen LogP contribution in [-0.4, -0.2) is 64.3 Å². The van der Waals surface area contributed by atoms with Gasteiger partial charge < -0.3 is 20.0 Å². The minimum Gasteiger partial charge on any atom is -0.481 e. The zero-order chi connectivity index (χ0) is 13.8. The second-order valence-electron chi connectivity index (χ2n) is 5.49. The molecule has 1 heterocycles. The van der Waals surface area contributed by atoms with Crippen molar-refractivity contribution in [3.05, 3.63) is 0 Å². The van der Waals surface area contributed by atoms with Crippen molar-refractivity contribution < 1.29 is 19.8 Å². The van der Waals surface area contributed by atoms with Crippen LogP contribution in [0.1, 0.15) is 32.1 Å². The van der Waals surface area contributed by atoms with Gasteiger partial charge in [0.2, 0.25) is 0 Å². The Morgan fingerprint density at radius 3 is 2.58 bits per heavy atom. The Hall–Kier alpha value is -1.30. The summed E-state index contributed by atoms with van der Waals surface area (Å²) in [6.45, 7) is 1.71. The Bertz CT molecular complexity index is 344. The molecule has 1 aliphatic carbocycles. The highest BCUT2D eigenvalue weighted by molar-refractivity contribution is 5.76. The summed E-state index contributed by atoms with van der Waals surface area (Å²) < 4.78 is 0. The number of carbonyl (C=O) groups excluding carboxylic acids is 1. The molecule has 6 nitrogen and oxygen atoms in total. The number of aliphatic hydroxyl groups excluding tert-OH is 1. The molecule has 0 aromatic rings. The van der Waals surface area contributed by atoms with Gasteiger partial charge in [0.1, 0.15) is 0 Å². The van der Waals surface area contributed by atoms with Crippen molar-refractivity contribution >= 4 is 12.0 Å². The second-order valence-corrected chi connectivity index (χ2v) is 5.49. The lowest BCUT2D eigenvalue weighted by Crippen LogP contribution is -2.49. The molecule has 0 radical (unpaired) electrons. The number of nitrogens with zero attached hydrogens (tertiary/aromatic N) is 2. The first-order valence-corrected chi connectivity index (χ1v) is 7.00. The van der Waals surface area contributed by atoms with Crippen molar-refractivity contribution in [2.24, 2.45) is 5.92 Å².